The molecule has 1 unspecified atom stereocenters. The zero-order valence-corrected chi connectivity index (χ0v) is 10.9. The minimum atomic E-state index is -0.241. The molecule has 0 aliphatic carbocycles. The summed E-state index contributed by atoms with van der Waals surface area (Å²) in [5.41, 5.74) is 1.22. The van der Waals surface area contributed by atoms with Gasteiger partial charge in [0.2, 0.25) is 0 Å². The summed E-state index contributed by atoms with van der Waals surface area (Å²) in [6.07, 6.45) is 0.804. The van der Waals surface area contributed by atoms with Gasteiger partial charge in [0.25, 0.3) is 0 Å². The molecule has 3 heteroatoms. The van der Waals surface area contributed by atoms with Crippen molar-refractivity contribution in [3.8, 4) is 0 Å². The maximum absolute atomic E-state index is 8.91. The molecule has 96 valence electrons. The maximum atomic E-state index is 8.91. The number of rotatable bonds is 6. The molecule has 0 spiro atoms. The first kappa shape index (κ1) is 14.2. The molecule has 1 aromatic rings. The highest BCUT2D eigenvalue weighted by Gasteiger charge is 2.13. The standard InChI is InChI=1S/C14H23NO2/c1-14(2,3)15-10-9-13(17-11-16)12-7-5-4-6-8-12/h4-8,13,15-16H,9-11H2,1-3H3. The average molecular weight is 237 g/mol. The summed E-state index contributed by atoms with van der Waals surface area (Å²) in [6.45, 7) is 7.03. The van der Waals surface area contributed by atoms with Crippen LogP contribution in [-0.2, 0) is 4.74 Å². The van der Waals surface area contributed by atoms with Gasteiger partial charge in [-0.05, 0) is 39.3 Å². The summed E-state index contributed by atoms with van der Waals surface area (Å²) in [4.78, 5) is 0. The van der Waals surface area contributed by atoms with Crippen LogP contribution in [0.25, 0.3) is 0 Å². The number of aliphatic hydroxyl groups is 1. The number of benzene rings is 1. The number of ether oxygens (including phenoxy) is 1. The van der Waals surface area contributed by atoms with Crippen LogP contribution in [0.15, 0.2) is 30.3 Å². The van der Waals surface area contributed by atoms with Crippen molar-refractivity contribution in [2.45, 2.75) is 38.8 Å². The van der Waals surface area contributed by atoms with Gasteiger partial charge in [0.05, 0.1) is 6.10 Å². The minimum absolute atomic E-state index is 0.0453. The molecule has 0 amide bonds. The largest absolute Gasteiger partial charge is 0.371 e. The lowest BCUT2D eigenvalue weighted by Crippen LogP contribution is -2.37. The summed E-state index contributed by atoms with van der Waals surface area (Å²) in [5.74, 6) is 0. The Morgan fingerprint density at radius 3 is 2.41 bits per heavy atom. The molecule has 0 heterocycles. The van der Waals surface area contributed by atoms with Crippen LogP contribution in [0, 0.1) is 0 Å². The van der Waals surface area contributed by atoms with Crippen LogP contribution in [0.3, 0.4) is 0 Å². The van der Waals surface area contributed by atoms with Crippen LogP contribution in [0.1, 0.15) is 38.9 Å². The monoisotopic (exact) mass is 237 g/mol. The van der Waals surface area contributed by atoms with Gasteiger partial charge in [-0.1, -0.05) is 30.3 Å². The second-order valence-electron chi connectivity index (χ2n) is 5.16. The third kappa shape index (κ3) is 5.82. The molecule has 0 aliphatic rings. The number of aliphatic hydroxyl groups excluding tert-OH is 1. The fourth-order valence-corrected chi connectivity index (χ4v) is 1.68. The Balaban J connectivity index is 2.50. The van der Waals surface area contributed by atoms with E-state index in [1.165, 1.54) is 0 Å². The fourth-order valence-electron chi connectivity index (χ4n) is 1.68. The van der Waals surface area contributed by atoms with Crippen molar-refractivity contribution in [2.24, 2.45) is 0 Å². The van der Waals surface area contributed by atoms with E-state index in [2.05, 4.69) is 26.1 Å². The molecule has 1 atom stereocenters. The van der Waals surface area contributed by atoms with Crippen LogP contribution in [0.5, 0.6) is 0 Å². The molecule has 0 radical (unpaired) electrons. The van der Waals surface area contributed by atoms with E-state index >= 15 is 0 Å². The molecule has 0 saturated carbocycles. The number of hydrogen-bond acceptors (Lipinski definition) is 3. The second-order valence-corrected chi connectivity index (χ2v) is 5.16. The molecule has 17 heavy (non-hydrogen) atoms. The predicted octanol–water partition coefficient (Wildman–Crippen LogP) is 2.47. The molecular weight excluding hydrogens is 214 g/mol. The quantitative estimate of drug-likeness (QED) is 0.747. The van der Waals surface area contributed by atoms with E-state index in [1.54, 1.807) is 0 Å². The highest BCUT2D eigenvalue weighted by Crippen LogP contribution is 2.20. The third-order valence-electron chi connectivity index (χ3n) is 2.51. The van der Waals surface area contributed by atoms with E-state index < -0.39 is 0 Å². The van der Waals surface area contributed by atoms with Gasteiger partial charge in [-0.2, -0.15) is 0 Å². The van der Waals surface area contributed by atoms with Gasteiger partial charge in [-0.3, -0.25) is 0 Å². The molecule has 2 N–H and O–H groups in total. The number of hydrogen-bond donors (Lipinski definition) is 2. The summed E-state index contributed by atoms with van der Waals surface area (Å²) < 4.78 is 5.36. The van der Waals surface area contributed by atoms with Crippen molar-refractivity contribution < 1.29 is 9.84 Å². The van der Waals surface area contributed by atoms with Crippen LogP contribution in [0.4, 0.5) is 0 Å². The van der Waals surface area contributed by atoms with Crippen molar-refractivity contribution in [3.63, 3.8) is 0 Å². The van der Waals surface area contributed by atoms with Gasteiger partial charge in [0.1, 0.15) is 6.79 Å². The molecule has 3 nitrogen and oxygen atoms in total. The summed E-state index contributed by atoms with van der Waals surface area (Å²) in [7, 11) is 0. The van der Waals surface area contributed by atoms with E-state index in [9.17, 15) is 0 Å². The third-order valence-corrected chi connectivity index (χ3v) is 2.51. The molecule has 1 rings (SSSR count). The Morgan fingerprint density at radius 1 is 1.24 bits per heavy atom. The van der Waals surface area contributed by atoms with E-state index in [0.717, 1.165) is 18.5 Å². The Labute approximate surface area is 104 Å². The Hall–Kier alpha value is -0.900. The van der Waals surface area contributed by atoms with Crippen LogP contribution in [-0.4, -0.2) is 24.0 Å². The zero-order valence-electron chi connectivity index (χ0n) is 10.9. The molecular formula is C14H23NO2. The van der Waals surface area contributed by atoms with Crippen molar-refractivity contribution in [3.05, 3.63) is 35.9 Å². The van der Waals surface area contributed by atoms with Gasteiger partial charge in [-0.25, -0.2) is 0 Å². The molecule has 0 fully saturated rings. The van der Waals surface area contributed by atoms with Crippen LogP contribution >= 0.6 is 0 Å². The average Bonchev–Trinajstić information content (AvgIpc) is 2.27. The molecule has 0 aliphatic heterocycles. The van der Waals surface area contributed by atoms with Crippen LogP contribution < -0.4 is 5.32 Å². The first-order chi connectivity index (χ1) is 8.03. The van der Waals surface area contributed by atoms with E-state index in [0.29, 0.717) is 0 Å². The maximum Gasteiger partial charge on any atom is 0.144 e. The van der Waals surface area contributed by atoms with Crippen molar-refractivity contribution in [1.82, 2.24) is 5.32 Å². The highest BCUT2D eigenvalue weighted by atomic mass is 16.6. The Bertz CT molecular complexity index is 306. The first-order valence-corrected chi connectivity index (χ1v) is 6.05. The topological polar surface area (TPSA) is 41.5 Å². The van der Waals surface area contributed by atoms with Crippen molar-refractivity contribution >= 4 is 0 Å². The second kappa shape index (κ2) is 6.74. The first-order valence-electron chi connectivity index (χ1n) is 6.05. The lowest BCUT2D eigenvalue weighted by atomic mass is 10.0. The lowest BCUT2D eigenvalue weighted by Gasteiger charge is -2.23. The summed E-state index contributed by atoms with van der Waals surface area (Å²) in [6, 6.07) is 10.0. The normalized spacial score (nSPS) is 13.6. The summed E-state index contributed by atoms with van der Waals surface area (Å²) >= 11 is 0. The Morgan fingerprint density at radius 2 is 1.88 bits per heavy atom. The lowest BCUT2D eigenvalue weighted by molar-refractivity contribution is -0.0546. The highest BCUT2D eigenvalue weighted by molar-refractivity contribution is 5.17. The van der Waals surface area contributed by atoms with E-state index in [4.69, 9.17) is 9.84 Å². The van der Waals surface area contributed by atoms with E-state index in [1.807, 2.05) is 30.3 Å². The van der Waals surface area contributed by atoms with Crippen LogP contribution in [0.2, 0.25) is 0 Å². The smallest absolute Gasteiger partial charge is 0.144 e. The molecule has 0 aromatic heterocycles. The SMILES string of the molecule is CC(C)(C)NCCC(OCO)c1ccccc1. The van der Waals surface area contributed by atoms with Gasteiger partial charge in [-0.15, -0.1) is 0 Å². The minimum Gasteiger partial charge on any atom is -0.371 e. The molecule has 0 saturated heterocycles. The van der Waals surface area contributed by atoms with Gasteiger partial charge in [0, 0.05) is 5.54 Å². The fraction of sp³-hybridized carbons (Fsp3) is 0.571. The predicted molar refractivity (Wildman–Crippen MR) is 69.7 cm³/mol. The van der Waals surface area contributed by atoms with E-state index in [-0.39, 0.29) is 18.4 Å². The summed E-state index contributed by atoms with van der Waals surface area (Å²) in [5, 5.41) is 12.3. The van der Waals surface area contributed by atoms with Gasteiger partial charge in [0.15, 0.2) is 0 Å². The van der Waals surface area contributed by atoms with Gasteiger partial charge < -0.3 is 15.2 Å². The zero-order chi connectivity index (χ0) is 12.7. The van der Waals surface area contributed by atoms with Gasteiger partial charge >= 0.3 is 0 Å². The number of nitrogens with one attached hydrogen (secondary N) is 1. The Kier molecular flexibility index (Phi) is 5.62. The molecule has 1 aromatic carbocycles. The molecule has 0 bridgehead atoms. The van der Waals surface area contributed by atoms with Crippen molar-refractivity contribution in [1.29, 1.82) is 0 Å². The van der Waals surface area contributed by atoms with Crippen molar-refractivity contribution in [2.75, 3.05) is 13.3 Å².